The summed E-state index contributed by atoms with van der Waals surface area (Å²) in [5, 5.41) is 3.06. The SMILES string of the molecule is CCNc1ncnc(-c2ccccc2C(F)(F)F)c1CC. The molecule has 2 aromatic rings. The van der Waals surface area contributed by atoms with Crippen molar-refractivity contribution in [3.8, 4) is 11.3 Å². The number of nitrogens with zero attached hydrogens (tertiary/aromatic N) is 2. The summed E-state index contributed by atoms with van der Waals surface area (Å²) in [7, 11) is 0. The number of rotatable bonds is 4. The minimum Gasteiger partial charge on any atom is -0.370 e. The Bertz CT molecular complexity index is 624. The molecule has 2 rings (SSSR count). The summed E-state index contributed by atoms with van der Waals surface area (Å²) in [6.07, 6.45) is -2.57. The minimum atomic E-state index is -4.41. The van der Waals surface area contributed by atoms with Gasteiger partial charge in [0.25, 0.3) is 0 Å². The molecule has 0 bridgehead atoms. The van der Waals surface area contributed by atoms with Crippen LogP contribution in [0.5, 0.6) is 0 Å². The lowest BCUT2D eigenvalue weighted by molar-refractivity contribution is -0.137. The van der Waals surface area contributed by atoms with E-state index in [0.717, 1.165) is 6.07 Å². The van der Waals surface area contributed by atoms with Gasteiger partial charge in [-0.15, -0.1) is 0 Å². The predicted molar refractivity (Wildman–Crippen MR) is 76.0 cm³/mol. The van der Waals surface area contributed by atoms with Gasteiger partial charge in [0, 0.05) is 17.7 Å². The zero-order valence-electron chi connectivity index (χ0n) is 11.8. The first kappa shape index (κ1) is 15.3. The molecule has 0 saturated heterocycles. The van der Waals surface area contributed by atoms with Crippen LogP contribution in [0.4, 0.5) is 19.0 Å². The molecule has 0 atom stereocenters. The molecule has 0 aliphatic heterocycles. The second kappa shape index (κ2) is 6.11. The van der Waals surface area contributed by atoms with E-state index in [-0.39, 0.29) is 5.56 Å². The first-order valence-electron chi connectivity index (χ1n) is 6.73. The van der Waals surface area contributed by atoms with Crippen molar-refractivity contribution < 1.29 is 13.2 Å². The van der Waals surface area contributed by atoms with Crippen molar-refractivity contribution in [1.29, 1.82) is 0 Å². The number of alkyl halides is 3. The quantitative estimate of drug-likeness (QED) is 0.920. The van der Waals surface area contributed by atoms with Gasteiger partial charge in [0.15, 0.2) is 0 Å². The van der Waals surface area contributed by atoms with Crippen LogP contribution in [0.25, 0.3) is 11.3 Å². The van der Waals surface area contributed by atoms with Gasteiger partial charge in [-0.05, 0) is 19.4 Å². The van der Waals surface area contributed by atoms with E-state index in [2.05, 4.69) is 15.3 Å². The third-order valence-electron chi connectivity index (χ3n) is 3.13. The van der Waals surface area contributed by atoms with Gasteiger partial charge in [-0.2, -0.15) is 13.2 Å². The molecule has 6 heteroatoms. The minimum absolute atomic E-state index is 0.0865. The predicted octanol–water partition coefficient (Wildman–Crippen LogP) is 4.16. The third-order valence-corrected chi connectivity index (χ3v) is 3.13. The van der Waals surface area contributed by atoms with Crippen LogP contribution in [0.15, 0.2) is 30.6 Å². The Kier molecular flexibility index (Phi) is 4.45. The fraction of sp³-hybridized carbons (Fsp3) is 0.333. The van der Waals surface area contributed by atoms with Crippen molar-refractivity contribution in [2.24, 2.45) is 0 Å². The lowest BCUT2D eigenvalue weighted by Gasteiger charge is -2.16. The Balaban J connectivity index is 2.65. The molecule has 0 aliphatic carbocycles. The topological polar surface area (TPSA) is 37.8 Å². The number of hydrogen-bond acceptors (Lipinski definition) is 3. The first-order valence-corrected chi connectivity index (χ1v) is 6.73. The van der Waals surface area contributed by atoms with E-state index in [0.29, 0.717) is 30.0 Å². The van der Waals surface area contributed by atoms with Crippen LogP contribution in [0.3, 0.4) is 0 Å². The molecule has 0 radical (unpaired) electrons. The Morgan fingerprint density at radius 1 is 1.10 bits per heavy atom. The van der Waals surface area contributed by atoms with Gasteiger partial charge in [-0.3, -0.25) is 0 Å². The monoisotopic (exact) mass is 295 g/mol. The highest BCUT2D eigenvalue weighted by atomic mass is 19.4. The molecule has 0 saturated carbocycles. The second-order valence-electron chi connectivity index (χ2n) is 4.48. The number of benzene rings is 1. The fourth-order valence-electron chi connectivity index (χ4n) is 2.24. The maximum absolute atomic E-state index is 13.2. The number of anilines is 1. The van der Waals surface area contributed by atoms with Crippen LogP contribution in [-0.4, -0.2) is 16.5 Å². The standard InChI is InChI=1S/C15H16F3N3/c1-3-10-13(20-9-21-14(10)19-4-2)11-7-5-6-8-12(11)15(16,17)18/h5-9H,3-4H2,1-2H3,(H,19,20,21). The summed E-state index contributed by atoms with van der Waals surface area (Å²) < 4.78 is 39.5. The Morgan fingerprint density at radius 3 is 2.43 bits per heavy atom. The summed E-state index contributed by atoms with van der Waals surface area (Å²) in [5.41, 5.74) is 0.427. The van der Waals surface area contributed by atoms with Crippen LogP contribution >= 0.6 is 0 Å². The van der Waals surface area contributed by atoms with Crippen molar-refractivity contribution in [2.75, 3.05) is 11.9 Å². The highest BCUT2D eigenvalue weighted by Crippen LogP contribution is 2.38. The third kappa shape index (κ3) is 3.15. The summed E-state index contributed by atoms with van der Waals surface area (Å²) >= 11 is 0. The average molecular weight is 295 g/mol. The van der Waals surface area contributed by atoms with Gasteiger partial charge >= 0.3 is 6.18 Å². The fourth-order valence-corrected chi connectivity index (χ4v) is 2.24. The van der Waals surface area contributed by atoms with E-state index >= 15 is 0 Å². The number of aromatic nitrogens is 2. The maximum atomic E-state index is 13.2. The van der Waals surface area contributed by atoms with E-state index in [9.17, 15) is 13.2 Å². The van der Waals surface area contributed by atoms with Crippen molar-refractivity contribution >= 4 is 5.82 Å². The van der Waals surface area contributed by atoms with Gasteiger partial charge in [0.1, 0.15) is 12.1 Å². The molecule has 3 nitrogen and oxygen atoms in total. The van der Waals surface area contributed by atoms with Crippen molar-refractivity contribution in [3.05, 3.63) is 41.7 Å². The van der Waals surface area contributed by atoms with Gasteiger partial charge < -0.3 is 5.32 Å². The highest BCUT2D eigenvalue weighted by Gasteiger charge is 2.34. The normalized spacial score (nSPS) is 11.5. The molecule has 1 aromatic heterocycles. The number of hydrogen-bond donors (Lipinski definition) is 1. The van der Waals surface area contributed by atoms with E-state index in [1.54, 1.807) is 6.07 Å². The van der Waals surface area contributed by atoms with Crippen molar-refractivity contribution in [3.63, 3.8) is 0 Å². The summed E-state index contributed by atoms with van der Waals surface area (Å²) in [6.45, 7) is 4.43. The van der Waals surface area contributed by atoms with Gasteiger partial charge in [0.2, 0.25) is 0 Å². The van der Waals surface area contributed by atoms with E-state index in [1.807, 2.05) is 13.8 Å². The Hall–Kier alpha value is -2.11. The maximum Gasteiger partial charge on any atom is 0.417 e. The molecule has 0 fully saturated rings. The average Bonchev–Trinajstić information content (AvgIpc) is 2.46. The summed E-state index contributed by atoms with van der Waals surface area (Å²) in [6, 6.07) is 5.48. The Morgan fingerprint density at radius 2 is 1.81 bits per heavy atom. The van der Waals surface area contributed by atoms with Crippen LogP contribution in [0, 0.1) is 0 Å². The lowest BCUT2D eigenvalue weighted by atomic mass is 9.99. The zero-order chi connectivity index (χ0) is 15.5. The van der Waals surface area contributed by atoms with E-state index in [4.69, 9.17) is 0 Å². The van der Waals surface area contributed by atoms with E-state index < -0.39 is 11.7 Å². The molecule has 112 valence electrons. The summed E-state index contributed by atoms with van der Waals surface area (Å²) in [4.78, 5) is 8.20. The molecular weight excluding hydrogens is 279 g/mol. The largest absolute Gasteiger partial charge is 0.417 e. The molecule has 21 heavy (non-hydrogen) atoms. The molecular formula is C15H16F3N3. The van der Waals surface area contributed by atoms with Crippen LogP contribution in [0.1, 0.15) is 25.0 Å². The van der Waals surface area contributed by atoms with E-state index in [1.165, 1.54) is 18.5 Å². The van der Waals surface area contributed by atoms with Crippen molar-refractivity contribution in [1.82, 2.24) is 9.97 Å². The van der Waals surface area contributed by atoms with Gasteiger partial charge in [-0.1, -0.05) is 25.1 Å². The Labute approximate surface area is 121 Å². The lowest BCUT2D eigenvalue weighted by Crippen LogP contribution is -2.10. The molecule has 0 unspecified atom stereocenters. The molecule has 1 heterocycles. The first-order chi connectivity index (χ1) is 9.99. The highest BCUT2D eigenvalue weighted by molar-refractivity contribution is 5.71. The smallest absolute Gasteiger partial charge is 0.370 e. The van der Waals surface area contributed by atoms with Crippen LogP contribution < -0.4 is 5.32 Å². The number of nitrogens with one attached hydrogen (secondary N) is 1. The van der Waals surface area contributed by atoms with Gasteiger partial charge in [-0.25, -0.2) is 9.97 Å². The van der Waals surface area contributed by atoms with Crippen molar-refractivity contribution in [2.45, 2.75) is 26.4 Å². The molecule has 0 spiro atoms. The molecule has 0 amide bonds. The van der Waals surface area contributed by atoms with Crippen LogP contribution in [0.2, 0.25) is 0 Å². The number of halogens is 3. The summed E-state index contributed by atoms with van der Waals surface area (Å²) in [5.74, 6) is 0.585. The van der Waals surface area contributed by atoms with Gasteiger partial charge in [0.05, 0.1) is 11.3 Å². The second-order valence-corrected chi connectivity index (χ2v) is 4.48. The molecule has 0 aliphatic rings. The molecule has 1 aromatic carbocycles. The molecule has 1 N–H and O–H groups in total. The van der Waals surface area contributed by atoms with Crippen LogP contribution in [-0.2, 0) is 12.6 Å². The zero-order valence-corrected chi connectivity index (χ0v) is 11.8.